The first-order chi connectivity index (χ1) is 3.81. The minimum absolute atomic E-state index is 0.328. The number of nitriles is 1. The van der Waals surface area contributed by atoms with Crippen LogP contribution in [0.1, 0.15) is 6.92 Å². The molecule has 0 amide bonds. The molecule has 0 radical (unpaired) electrons. The minimum Gasteiger partial charge on any atom is -0.330 e. The van der Waals surface area contributed by atoms with E-state index in [0.29, 0.717) is 12.5 Å². The summed E-state index contributed by atoms with van der Waals surface area (Å²) in [5.41, 5.74) is 5.25. The zero-order chi connectivity index (χ0) is 6.41. The molecule has 0 heterocycles. The van der Waals surface area contributed by atoms with Crippen molar-refractivity contribution < 1.29 is 0 Å². The minimum atomic E-state index is 0.328. The molecule has 1 unspecified atom stereocenters. The normalized spacial score (nSPS) is 13.6. The molecule has 8 heavy (non-hydrogen) atoms. The molecule has 1 atom stereocenters. The Hall–Kier alpha value is -0.810. The van der Waals surface area contributed by atoms with Gasteiger partial charge in [0.1, 0.15) is 0 Å². The summed E-state index contributed by atoms with van der Waals surface area (Å²) >= 11 is 0. The quantitative estimate of drug-likeness (QED) is 0.531. The maximum Gasteiger partial charge on any atom is 0.0908 e. The lowest BCUT2D eigenvalue weighted by Crippen LogP contribution is -2.07. The van der Waals surface area contributed by atoms with Crippen molar-refractivity contribution in [2.24, 2.45) is 11.7 Å². The van der Waals surface area contributed by atoms with E-state index < -0.39 is 0 Å². The van der Waals surface area contributed by atoms with Crippen LogP contribution in [-0.2, 0) is 0 Å². The van der Waals surface area contributed by atoms with Gasteiger partial charge in [-0.15, -0.1) is 0 Å². The summed E-state index contributed by atoms with van der Waals surface area (Å²) in [6, 6.07) is 1.90. The molecule has 2 heteroatoms. The Kier molecular flexibility index (Phi) is 3.91. The van der Waals surface area contributed by atoms with Gasteiger partial charge in [-0.2, -0.15) is 5.26 Å². The number of allylic oxidation sites excluding steroid dienone is 1. The highest BCUT2D eigenvalue weighted by molar-refractivity contribution is 5.03. The third-order valence-corrected chi connectivity index (χ3v) is 0.871. The summed E-state index contributed by atoms with van der Waals surface area (Å²) in [5, 5.41) is 8.03. The molecule has 0 aromatic rings. The summed E-state index contributed by atoms with van der Waals surface area (Å²) in [6.45, 7) is 2.58. The van der Waals surface area contributed by atoms with Crippen LogP contribution in [-0.4, -0.2) is 6.54 Å². The van der Waals surface area contributed by atoms with Crippen LogP contribution in [0, 0.1) is 17.2 Å². The molecule has 2 nitrogen and oxygen atoms in total. The van der Waals surface area contributed by atoms with Crippen LogP contribution in [0.4, 0.5) is 0 Å². The van der Waals surface area contributed by atoms with E-state index in [0.717, 1.165) is 0 Å². The number of nitrogens with two attached hydrogens (primary N) is 1. The van der Waals surface area contributed by atoms with E-state index in [9.17, 15) is 0 Å². The Morgan fingerprint density at radius 2 is 2.50 bits per heavy atom. The van der Waals surface area contributed by atoms with Gasteiger partial charge in [-0.1, -0.05) is 13.0 Å². The van der Waals surface area contributed by atoms with Gasteiger partial charge in [-0.3, -0.25) is 0 Å². The molecule has 0 aliphatic rings. The lowest BCUT2D eigenvalue weighted by molar-refractivity contribution is 0.740. The van der Waals surface area contributed by atoms with E-state index in [1.54, 1.807) is 6.08 Å². The Morgan fingerprint density at radius 1 is 1.88 bits per heavy atom. The highest BCUT2D eigenvalue weighted by Crippen LogP contribution is 1.90. The van der Waals surface area contributed by atoms with Crippen LogP contribution in [0.25, 0.3) is 0 Å². The van der Waals surface area contributed by atoms with Gasteiger partial charge in [-0.05, 0) is 12.5 Å². The van der Waals surface area contributed by atoms with Crippen molar-refractivity contribution in [2.75, 3.05) is 6.54 Å². The summed E-state index contributed by atoms with van der Waals surface area (Å²) < 4.78 is 0. The third kappa shape index (κ3) is 3.38. The van der Waals surface area contributed by atoms with Crippen molar-refractivity contribution in [1.29, 1.82) is 5.26 Å². The molecule has 0 aromatic heterocycles. The molecule has 0 saturated carbocycles. The van der Waals surface area contributed by atoms with Crippen molar-refractivity contribution in [2.45, 2.75) is 6.92 Å². The Bertz CT molecular complexity index is 110. The molecule has 0 aliphatic carbocycles. The van der Waals surface area contributed by atoms with Gasteiger partial charge in [0, 0.05) is 6.08 Å². The van der Waals surface area contributed by atoms with Gasteiger partial charge < -0.3 is 5.73 Å². The second-order valence-electron chi connectivity index (χ2n) is 1.70. The fourth-order valence-electron chi connectivity index (χ4n) is 0.286. The number of nitrogens with zero attached hydrogens (tertiary/aromatic N) is 1. The van der Waals surface area contributed by atoms with Crippen molar-refractivity contribution in [1.82, 2.24) is 0 Å². The van der Waals surface area contributed by atoms with Gasteiger partial charge in [0.15, 0.2) is 0 Å². The maximum atomic E-state index is 8.03. The first-order valence-corrected chi connectivity index (χ1v) is 2.57. The van der Waals surface area contributed by atoms with Crippen LogP contribution < -0.4 is 5.73 Å². The van der Waals surface area contributed by atoms with Gasteiger partial charge >= 0.3 is 0 Å². The predicted octanol–water partition coefficient (Wildman–Crippen LogP) is 0.661. The molecule has 0 aliphatic heterocycles. The summed E-state index contributed by atoms with van der Waals surface area (Å²) in [7, 11) is 0. The zero-order valence-electron chi connectivity index (χ0n) is 4.96. The molecule has 0 bridgehead atoms. The highest BCUT2D eigenvalue weighted by Gasteiger charge is 1.87. The first-order valence-electron chi connectivity index (χ1n) is 2.57. The molecule has 0 spiro atoms. The highest BCUT2D eigenvalue weighted by atomic mass is 14.5. The van der Waals surface area contributed by atoms with Gasteiger partial charge in [0.05, 0.1) is 6.07 Å². The Balaban J connectivity index is 3.40. The number of rotatable bonds is 2. The lowest BCUT2D eigenvalue weighted by Gasteiger charge is -1.95. The molecular weight excluding hydrogens is 100 g/mol. The summed E-state index contributed by atoms with van der Waals surface area (Å²) in [5.74, 6) is 0.328. The van der Waals surface area contributed by atoms with E-state index in [2.05, 4.69) is 0 Å². The standard InChI is InChI=1S/C6H10N2/c1-6(5-8)3-2-4-7/h2-3,6H,5,8H2,1H3/b3-2+. The fraction of sp³-hybridized carbons (Fsp3) is 0.500. The van der Waals surface area contributed by atoms with Crippen molar-refractivity contribution in [3.8, 4) is 6.07 Å². The molecule has 2 N–H and O–H groups in total. The number of hydrogen-bond acceptors (Lipinski definition) is 2. The SMILES string of the molecule is CC(/C=C/C#N)CN. The maximum absolute atomic E-state index is 8.03. The molecule has 0 aromatic carbocycles. The average Bonchev–Trinajstić information content (AvgIpc) is 1.83. The van der Waals surface area contributed by atoms with Crippen molar-refractivity contribution in [3.05, 3.63) is 12.2 Å². The monoisotopic (exact) mass is 110 g/mol. The lowest BCUT2D eigenvalue weighted by atomic mass is 10.2. The van der Waals surface area contributed by atoms with E-state index in [-0.39, 0.29) is 0 Å². The second-order valence-corrected chi connectivity index (χ2v) is 1.70. The van der Waals surface area contributed by atoms with Gasteiger partial charge in [-0.25, -0.2) is 0 Å². The molecule has 44 valence electrons. The topological polar surface area (TPSA) is 49.8 Å². The van der Waals surface area contributed by atoms with E-state index in [1.165, 1.54) is 6.08 Å². The summed E-state index contributed by atoms with van der Waals surface area (Å²) in [4.78, 5) is 0. The van der Waals surface area contributed by atoms with Crippen molar-refractivity contribution in [3.63, 3.8) is 0 Å². The smallest absolute Gasteiger partial charge is 0.0908 e. The predicted molar refractivity (Wildman–Crippen MR) is 33.0 cm³/mol. The van der Waals surface area contributed by atoms with Crippen molar-refractivity contribution >= 4 is 0 Å². The Labute approximate surface area is 49.6 Å². The zero-order valence-corrected chi connectivity index (χ0v) is 4.96. The second kappa shape index (κ2) is 4.35. The average molecular weight is 110 g/mol. The summed E-state index contributed by atoms with van der Waals surface area (Å²) in [6.07, 6.45) is 3.25. The van der Waals surface area contributed by atoms with Crippen LogP contribution >= 0.6 is 0 Å². The van der Waals surface area contributed by atoms with E-state index >= 15 is 0 Å². The van der Waals surface area contributed by atoms with Gasteiger partial charge in [0.2, 0.25) is 0 Å². The van der Waals surface area contributed by atoms with Crippen LogP contribution in [0.5, 0.6) is 0 Å². The molecule has 0 rings (SSSR count). The van der Waals surface area contributed by atoms with E-state index in [4.69, 9.17) is 11.0 Å². The molecule has 0 saturated heterocycles. The third-order valence-electron chi connectivity index (χ3n) is 0.871. The molecular formula is C6H10N2. The van der Waals surface area contributed by atoms with Gasteiger partial charge in [0.25, 0.3) is 0 Å². The number of hydrogen-bond donors (Lipinski definition) is 1. The Morgan fingerprint density at radius 3 is 2.88 bits per heavy atom. The van der Waals surface area contributed by atoms with Crippen LogP contribution in [0.3, 0.4) is 0 Å². The van der Waals surface area contributed by atoms with E-state index in [1.807, 2.05) is 13.0 Å². The van der Waals surface area contributed by atoms with Crippen LogP contribution in [0.2, 0.25) is 0 Å². The molecule has 0 fully saturated rings. The first kappa shape index (κ1) is 7.19. The largest absolute Gasteiger partial charge is 0.330 e. The van der Waals surface area contributed by atoms with Crippen LogP contribution in [0.15, 0.2) is 12.2 Å². The fourth-order valence-corrected chi connectivity index (χ4v) is 0.286.